The molecule has 3 heteroatoms. The van der Waals surface area contributed by atoms with E-state index in [-0.39, 0.29) is 5.75 Å². The van der Waals surface area contributed by atoms with Gasteiger partial charge in [0.1, 0.15) is 5.75 Å². The number of benzene rings is 2. The zero-order valence-corrected chi connectivity index (χ0v) is 10.6. The first-order chi connectivity index (χ1) is 9.22. The van der Waals surface area contributed by atoms with Crippen molar-refractivity contribution in [2.24, 2.45) is 0 Å². The highest BCUT2D eigenvalue weighted by atomic mass is 16.3. The van der Waals surface area contributed by atoms with Crippen LogP contribution in [0.1, 0.15) is 5.69 Å². The van der Waals surface area contributed by atoms with Crippen molar-refractivity contribution in [3.8, 4) is 5.75 Å². The molecular weight excluding hydrogens is 236 g/mol. The zero-order chi connectivity index (χ0) is 13.2. The molecule has 0 fully saturated rings. The largest absolute Gasteiger partial charge is 0.508 e. The summed E-state index contributed by atoms with van der Waals surface area (Å²) >= 11 is 0. The fourth-order valence-electron chi connectivity index (χ4n) is 2.17. The summed E-state index contributed by atoms with van der Waals surface area (Å²) in [5.41, 5.74) is 4.20. The van der Waals surface area contributed by atoms with E-state index in [1.807, 2.05) is 31.2 Å². The molecule has 0 aliphatic heterocycles. The first kappa shape index (κ1) is 11.5. The number of aryl methyl sites for hydroxylation is 1. The summed E-state index contributed by atoms with van der Waals surface area (Å²) in [6.07, 6.45) is 0. The van der Waals surface area contributed by atoms with Gasteiger partial charge in [-0.1, -0.05) is 12.1 Å². The summed E-state index contributed by atoms with van der Waals surface area (Å²) < 4.78 is 0. The number of phenolic OH excluding ortho intramolecular Hbond substituents is 1. The van der Waals surface area contributed by atoms with E-state index in [0.29, 0.717) is 0 Å². The van der Waals surface area contributed by atoms with Crippen LogP contribution in [0.2, 0.25) is 0 Å². The lowest BCUT2D eigenvalue weighted by Crippen LogP contribution is -2.09. The second-order valence-electron chi connectivity index (χ2n) is 4.58. The molecule has 0 radical (unpaired) electrons. The topological polar surface area (TPSA) is 46.4 Å². The number of hydrogen-bond acceptors (Lipinski definition) is 2. The van der Waals surface area contributed by atoms with Gasteiger partial charge < -0.3 is 10.4 Å². The Bertz CT molecular complexity index is 720. The monoisotopic (exact) mass is 251 g/mol. The van der Waals surface area contributed by atoms with Gasteiger partial charge in [0.05, 0.1) is 11.1 Å². The van der Waals surface area contributed by atoms with Crippen LogP contribution in [-0.4, -0.2) is 5.11 Å². The fourth-order valence-corrected chi connectivity index (χ4v) is 2.17. The Morgan fingerprint density at radius 3 is 2.53 bits per heavy atom. The number of rotatable bonds is 2. The quantitative estimate of drug-likeness (QED) is 0.686. The average Bonchev–Trinajstić information content (AvgIpc) is 2.41. The molecule has 2 aromatic carbocycles. The number of nitrogens with one attached hydrogen (secondary N) is 2. The van der Waals surface area contributed by atoms with Crippen LogP contribution in [0, 0.1) is 6.92 Å². The van der Waals surface area contributed by atoms with Gasteiger partial charge in [-0.15, -0.1) is 0 Å². The molecule has 0 bridgehead atoms. The van der Waals surface area contributed by atoms with Crippen molar-refractivity contribution in [1.29, 1.82) is 0 Å². The molecule has 0 unspecified atom stereocenters. The second kappa shape index (κ2) is 4.61. The van der Waals surface area contributed by atoms with E-state index in [9.17, 15) is 5.11 Å². The molecule has 0 aliphatic carbocycles. The smallest absolute Gasteiger partial charge is 0.213 e. The Morgan fingerprint density at radius 2 is 1.74 bits per heavy atom. The Morgan fingerprint density at radius 1 is 1.00 bits per heavy atom. The van der Waals surface area contributed by atoms with Crippen LogP contribution in [0.3, 0.4) is 0 Å². The molecule has 0 atom stereocenters. The first-order valence-corrected chi connectivity index (χ1v) is 6.20. The van der Waals surface area contributed by atoms with Gasteiger partial charge in [0.15, 0.2) is 5.69 Å². The molecule has 0 saturated heterocycles. The SMILES string of the molecule is Cc1cc(Nc2ccc(O)cc2)c2ccccc2[nH+]1. The summed E-state index contributed by atoms with van der Waals surface area (Å²) in [6.45, 7) is 2.04. The molecule has 0 spiro atoms. The van der Waals surface area contributed by atoms with Gasteiger partial charge in [-0.3, -0.25) is 0 Å². The molecular formula is C16H15N2O+. The maximum Gasteiger partial charge on any atom is 0.213 e. The molecule has 3 nitrogen and oxygen atoms in total. The second-order valence-corrected chi connectivity index (χ2v) is 4.58. The number of pyridine rings is 1. The predicted molar refractivity (Wildman–Crippen MR) is 76.6 cm³/mol. The molecule has 0 amide bonds. The number of H-pyrrole nitrogens is 1. The van der Waals surface area contributed by atoms with E-state index in [2.05, 4.69) is 28.5 Å². The molecule has 1 aromatic heterocycles. The normalized spacial score (nSPS) is 10.6. The van der Waals surface area contributed by atoms with Crippen molar-refractivity contribution in [2.75, 3.05) is 5.32 Å². The van der Waals surface area contributed by atoms with E-state index in [1.54, 1.807) is 12.1 Å². The Labute approximate surface area is 111 Å². The minimum atomic E-state index is 0.271. The maximum absolute atomic E-state index is 9.31. The molecule has 0 aliphatic rings. The van der Waals surface area contributed by atoms with Gasteiger partial charge in [-0.2, -0.15) is 0 Å². The van der Waals surface area contributed by atoms with Crippen LogP contribution < -0.4 is 10.3 Å². The van der Waals surface area contributed by atoms with Crippen molar-refractivity contribution in [2.45, 2.75) is 6.92 Å². The van der Waals surface area contributed by atoms with Crippen molar-refractivity contribution >= 4 is 22.3 Å². The number of hydrogen-bond donors (Lipinski definition) is 2. The Hall–Kier alpha value is -2.55. The molecule has 3 rings (SSSR count). The lowest BCUT2D eigenvalue weighted by Gasteiger charge is -2.08. The maximum atomic E-state index is 9.31. The fraction of sp³-hybridized carbons (Fsp3) is 0.0625. The molecule has 1 heterocycles. The number of aromatic nitrogens is 1. The highest BCUT2D eigenvalue weighted by Crippen LogP contribution is 2.25. The summed E-state index contributed by atoms with van der Waals surface area (Å²) in [4.78, 5) is 3.34. The van der Waals surface area contributed by atoms with Gasteiger partial charge in [0, 0.05) is 24.7 Å². The molecule has 3 N–H and O–H groups in total. The number of phenols is 1. The molecule has 0 saturated carbocycles. The van der Waals surface area contributed by atoms with Crippen LogP contribution in [0.5, 0.6) is 5.75 Å². The van der Waals surface area contributed by atoms with Crippen LogP contribution >= 0.6 is 0 Å². The minimum Gasteiger partial charge on any atom is -0.508 e. The third-order valence-corrected chi connectivity index (χ3v) is 3.06. The zero-order valence-electron chi connectivity index (χ0n) is 10.6. The van der Waals surface area contributed by atoms with Crippen LogP contribution in [-0.2, 0) is 0 Å². The first-order valence-electron chi connectivity index (χ1n) is 6.20. The van der Waals surface area contributed by atoms with Crippen molar-refractivity contribution < 1.29 is 10.1 Å². The van der Waals surface area contributed by atoms with Gasteiger partial charge in [-0.25, -0.2) is 4.98 Å². The lowest BCUT2D eigenvalue weighted by molar-refractivity contribution is -0.354. The van der Waals surface area contributed by atoms with Crippen LogP contribution in [0.25, 0.3) is 10.9 Å². The predicted octanol–water partition coefficient (Wildman–Crippen LogP) is 3.41. The summed E-state index contributed by atoms with van der Waals surface area (Å²) in [5.74, 6) is 0.271. The average molecular weight is 251 g/mol. The number of aromatic hydroxyl groups is 1. The van der Waals surface area contributed by atoms with Crippen LogP contribution in [0.4, 0.5) is 11.4 Å². The van der Waals surface area contributed by atoms with Crippen LogP contribution in [0.15, 0.2) is 54.6 Å². The van der Waals surface area contributed by atoms with Crippen molar-refractivity contribution in [3.05, 3.63) is 60.3 Å². The number of aromatic amines is 1. The van der Waals surface area contributed by atoms with Gasteiger partial charge in [0.25, 0.3) is 0 Å². The lowest BCUT2D eigenvalue weighted by atomic mass is 10.1. The third-order valence-electron chi connectivity index (χ3n) is 3.06. The summed E-state index contributed by atoms with van der Waals surface area (Å²) in [7, 11) is 0. The summed E-state index contributed by atoms with van der Waals surface area (Å²) in [6, 6.07) is 17.3. The highest BCUT2D eigenvalue weighted by molar-refractivity contribution is 5.91. The van der Waals surface area contributed by atoms with E-state index < -0.39 is 0 Å². The molecule has 3 aromatic rings. The van der Waals surface area contributed by atoms with E-state index in [4.69, 9.17) is 0 Å². The molecule has 19 heavy (non-hydrogen) atoms. The number of fused-ring (bicyclic) bond motifs is 1. The third kappa shape index (κ3) is 2.36. The number of para-hydroxylation sites is 1. The van der Waals surface area contributed by atoms with E-state index in [1.165, 1.54) is 0 Å². The molecule has 94 valence electrons. The van der Waals surface area contributed by atoms with Crippen molar-refractivity contribution in [1.82, 2.24) is 0 Å². The van der Waals surface area contributed by atoms with E-state index >= 15 is 0 Å². The standard InChI is InChI=1S/C16H14N2O/c1-11-10-16(14-4-2-3-5-15(14)17-11)18-12-6-8-13(19)9-7-12/h2-10,19H,1H3,(H,17,18)/p+1. The minimum absolute atomic E-state index is 0.271. The van der Waals surface area contributed by atoms with Gasteiger partial charge >= 0.3 is 0 Å². The van der Waals surface area contributed by atoms with Gasteiger partial charge in [-0.05, 0) is 30.3 Å². The van der Waals surface area contributed by atoms with Gasteiger partial charge in [0.2, 0.25) is 5.52 Å². The summed E-state index contributed by atoms with van der Waals surface area (Å²) in [5, 5.41) is 13.8. The van der Waals surface area contributed by atoms with E-state index in [0.717, 1.165) is 28.0 Å². The highest BCUT2D eigenvalue weighted by Gasteiger charge is 2.08. The Balaban J connectivity index is 2.07. The number of anilines is 2. The Kier molecular flexibility index (Phi) is 2.80. The van der Waals surface area contributed by atoms with Crippen molar-refractivity contribution in [3.63, 3.8) is 0 Å².